The predicted octanol–water partition coefficient (Wildman–Crippen LogP) is 3.17. The molecule has 0 unspecified atom stereocenters. The van der Waals surface area contributed by atoms with Crippen LogP contribution in [0, 0.1) is 0 Å². The van der Waals surface area contributed by atoms with Crippen molar-refractivity contribution in [3.63, 3.8) is 0 Å². The lowest BCUT2D eigenvalue weighted by Crippen LogP contribution is -2.14. The van der Waals surface area contributed by atoms with Crippen molar-refractivity contribution in [1.29, 1.82) is 0 Å². The third-order valence-corrected chi connectivity index (χ3v) is 3.55. The number of benzene rings is 2. The monoisotopic (exact) mass is 326 g/mol. The molecule has 0 fully saturated rings. The van der Waals surface area contributed by atoms with Crippen LogP contribution in [0.1, 0.15) is 24.2 Å². The number of carbonyl (C=O) groups is 1. The number of hydrogen-bond acceptors (Lipinski definition) is 4. The van der Waals surface area contributed by atoms with Gasteiger partial charge in [0.1, 0.15) is 5.75 Å². The van der Waals surface area contributed by atoms with Crippen LogP contribution in [0.5, 0.6) is 5.75 Å². The first-order chi connectivity index (χ1) is 11.5. The molecule has 1 amide bonds. The van der Waals surface area contributed by atoms with Gasteiger partial charge in [0.2, 0.25) is 0 Å². The summed E-state index contributed by atoms with van der Waals surface area (Å²) >= 11 is 0. The Kier molecular flexibility index (Phi) is 4.12. The molecule has 1 heterocycles. The quantitative estimate of drug-likeness (QED) is 0.799. The number of fused-ring (bicyclic) bond motifs is 1. The fourth-order valence-electron chi connectivity index (χ4n) is 2.40. The number of anilines is 1. The molecule has 0 aliphatic heterocycles. The van der Waals surface area contributed by atoms with Gasteiger partial charge in [-0.1, -0.05) is 12.1 Å². The van der Waals surface area contributed by atoms with Gasteiger partial charge in [-0.2, -0.15) is 0 Å². The lowest BCUT2D eigenvalue weighted by atomic mass is 10.2. The number of nitrogens with one attached hydrogen (secondary N) is 1. The molecule has 0 saturated carbocycles. The van der Waals surface area contributed by atoms with Crippen molar-refractivity contribution in [3.8, 4) is 5.75 Å². The molecule has 124 valence electrons. The van der Waals surface area contributed by atoms with Gasteiger partial charge in [0.25, 0.3) is 5.91 Å². The number of ether oxygens (including phenoxy) is 1. The average Bonchev–Trinajstić information content (AvgIpc) is 2.83. The van der Waals surface area contributed by atoms with Crippen LogP contribution in [0.25, 0.3) is 11.1 Å². The van der Waals surface area contributed by atoms with Gasteiger partial charge in [0.15, 0.2) is 5.58 Å². The van der Waals surface area contributed by atoms with E-state index >= 15 is 0 Å². The Morgan fingerprint density at radius 1 is 1.21 bits per heavy atom. The fourth-order valence-corrected chi connectivity index (χ4v) is 2.40. The molecule has 0 bridgehead atoms. The zero-order valence-electron chi connectivity index (χ0n) is 13.7. The summed E-state index contributed by atoms with van der Waals surface area (Å²) in [7, 11) is 1.62. The van der Waals surface area contributed by atoms with Gasteiger partial charge >= 0.3 is 5.76 Å². The number of para-hydroxylation sites is 2. The minimum Gasteiger partial charge on any atom is -0.489 e. The first-order valence-electron chi connectivity index (χ1n) is 7.62. The van der Waals surface area contributed by atoms with E-state index in [1.165, 1.54) is 4.57 Å². The molecule has 0 spiro atoms. The summed E-state index contributed by atoms with van der Waals surface area (Å²) in [5.74, 6) is -0.158. The van der Waals surface area contributed by atoms with Crippen molar-refractivity contribution in [3.05, 3.63) is 58.6 Å². The lowest BCUT2D eigenvalue weighted by Gasteiger charge is -2.14. The second-order valence-corrected chi connectivity index (χ2v) is 5.73. The van der Waals surface area contributed by atoms with E-state index in [-0.39, 0.29) is 12.0 Å². The molecular weight excluding hydrogens is 308 g/mol. The van der Waals surface area contributed by atoms with Crippen LogP contribution in [-0.4, -0.2) is 16.6 Å². The van der Waals surface area contributed by atoms with Gasteiger partial charge in [0, 0.05) is 12.6 Å². The van der Waals surface area contributed by atoms with E-state index in [4.69, 9.17) is 9.15 Å². The van der Waals surface area contributed by atoms with Crippen molar-refractivity contribution in [1.82, 2.24) is 4.57 Å². The number of oxazole rings is 1. The van der Waals surface area contributed by atoms with Gasteiger partial charge in [-0.05, 0) is 44.2 Å². The summed E-state index contributed by atoms with van der Waals surface area (Å²) in [6, 6.07) is 12.1. The summed E-state index contributed by atoms with van der Waals surface area (Å²) < 4.78 is 12.2. The van der Waals surface area contributed by atoms with E-state index in [1.807, 2.05) is 26.0 Å². The second-order valence-electron chi connectivity index (χ2n) is 5.73. The highest BCUT2D eigenvalue weighted by Crippen LogP contribution is 2.25. The molecular formula is C18H18N2O4. The lowest BCUT2D eigenvalue weighted by molar-refractivity contribution is 0.102. The smallest absolute Gasteiger partial charge is 0.419 e. The third-order valence-electron chi connectivity index (χ3n) is 3.55. The fraction of sp³-hybridized carbons (Fsp3) is 0.222. The van der Waals surface area contributed by atoms with Crippen LogP contribution in [0.4, 0.5) is 5.69 Å². The molecule has 3 aromatic rings. The summed E-state index contributed by atoms with van der Waals surface area (Å²) in [6.45, 7) is 3.84. The number of amides is 1. The van der Waals surface area contributed by atoms with Gasteiger partial charge in [-0.15, -0.1) is 0 Å². The molecule has 1 N–H and O–H groups in total. The average molecular weight is 326 g/mol. The number of carbonyl (C=O) groups excluding carboxylic acids is 1. The zero-order valence-corrected chi connectivity index (χ0v) is 13.7. The summed E-state index contributed by atoms with van der Waals surface area (Å²) in [6.07, 6.45) is -0.00186. The van der Waals surface area contributed by atoms with Gasteiger partial charge in [-0.25, -0.2) is 4.79 Å². The molecule has 24 heavy (non-hydrogen) atoms. The number of hydrogen-bond donors (Lipinski definition) is 1. The van der Waals surface area contributed by atoms with E-state index in [0.717, 1.165) is 0 Å². The van der Waals surface area contributed by atoms with E-state index in [9.17, 15) is 9.59 Å². The molecule has 0 aliphatic carbocycles. The van der Waals surface area contributed by atoms with Crippen molar-refractivity contribution >= 4 is 22.7 Å². The van der Waals surface area contributed by atoms with Crippen LogP contribution in [-0.2, 0) is 7.05 Å². The maximum atomic E-state index is 12.5. The molecule has 0 radical (unpaired) electrons. The minimum absolute atomic E-state index is 0.00186. The summed E-state index contributed by atoms with van der Waals surface area (Å²) in [5.41, 5.74) is 2.00. The maximum absolute atomic E-state index is 12.5. The molecule has 0 atom stereocenters. The Bertz CT molecular complexity index is 953. The van der Waals surface area contributed by atoms with E-state index in [1.54, 1.807) is 37.4 Å². The van der Waals surface area contributed by atoms with E-state index in [2.05, 4.69) is 5.32 Å². The topological polar surface area (TPSA) is 73.5 Å². The van der Waals surface area contributed by atoms with Gasteiger partial charge in [0.05, 0.1) is 17.3 Å². The Balaban J connectivity index is 1.89. The standard InChI is InChI=1S/C18H18N2O4/c1-11(2)23-15-7-5-4-6-13(15)19-17(21)12-8-9-14-16(10-12)24-18(22)20(14)3/h4-11H,1-3H3,(H,19,21). The van der Waals surface area contributed by atoms with Crippen LogP contribution in [0.3, 0.4) is 0 Å². The van der Waals surface area contributed by atoms with Crippen LogP contribution in [0.15, 0.2) is 51.7 Å². The predicted molar refractivity (Wildman–Crippen MR) is 91.6 cm³/mol. The largest absolute Gasteiger partial charge is 0.489 e. The number of aryl methyl sites for hydroxylation is 1. The molecule has 6 nitrogen and oxygen atoms in total. The molecule has 6 heteroatoms. The number of rotatable bonds is 4. The van der Waals surface area contributed by atoms with Crippen LogP contribution < -0.4 is 15.8 Å². The first kappa shape index (κ1) is 15.9. The Labute approximate surface area is 138 Å². The van der Waals surface area contributed by atoms with Crippen molar-refractivity contribution < 1.29 is 13.9 Å². The Morgan fingerprint density at radius 2 is 1.96 bits per heavy atom. The second kappa shape index (κ2) is 6.23. The van der Waals surface area contributed by atoms with Crippen LogP contribution in [0.2, 0.25) is 0 Å². The van der Waals surface area contributed by atoms with Gasteiger partial charge < -0.3 is 14.5 Å². The first-order valence-corrected chi connectivity index (χ1v) is 7.62. The molecule has 3 rings (SSSR count). The van der Waals surface area contributed by atoms with E-state index < -0.39 is 5.76 Å². The molecule has 1 aromatic heterocycles. The normalized spacial score (nSPS) is 11.0. The van der Waals surface area contributed by atoms with E-state index in [0.29, 0.717) is 28.1 Å². The van der Waals surface area contributed by atoms with Crippen molar-refractivity contribution in [2.75, 3.05) is 5.32 Å². The SMILES string of the molecule is CC(C)Oc1ccccc1NC(=O)c1ccc2c(c1)oc(=O)n2C. The number of nitrogens with zero attached hydrogens (tertiary/aromatic N) is 1. The number of aromatic nitrogens is 1. The summed E-state index contributed by atoms with van der Waals surface area (Å²) in [4.78, 5) is 24.0. The third kappa shape index (κ3) is 3.03. The Morgan fingerprint density at radius 3 is 2.71 bits per heavy atom. The minimum atomic E-state index is -0.460. The zero-order chi connectivity index (χ0) is 17.3. The van der Waals surface area contributed by atoms with Crippen molar-refractivity contribution in [2.45, 2.75) is 20.0 Å². The molecule has 0 aliphatic rings. The summed E-state index contributed by atoms with van der Waals surface area (Å²) in [5, 5.41) is 2.83. The highest BCUT2D eigenvalue weighted by Gasteiger charge is 2.13. The van der Waals surface area contributed by atoms with Crippen molar-refractivity contribution in [2.24, 2.45) is 7.05 Å². The highest BCUT2D eigenvalue weighted by atomic mass is 16.5. The van der Waals surface area contributed by atoms with Gasteiger partial charge in [-0.3, -0.25) is 9.36 Å². The van der Waals surface area contributed by atoms with Crippen LogP contribution >= 0.6 is 0 Å². The highest BCUT2D eigenvalue weighted by molar-refractivity contribution is 6.06. The molecule has 0 saturated heterocycles. The molecule has 2 aromatic carbocycles. The Hall–Kier alpha value is -3.02. The maximum Gasteiger partial charge on any atom is 0.419 e.